The van der Waals surface area contributed by atoms with Crippen LogP contribution >= 0.6 is 11.8 Å². The van der Waals surface area contributed by atoms with Crippen molar-refractivity contribution < 1.29 is 14.7 Å². The van der Waals surface area contributed by atoms with Crippen LogP contribution in [-0.2, 0) is 9.59 Å². The van der Waals surface area contributed by atoms with Crippen LogP contribution in [0.5, 0.6) is 0 Å². The molecule has 0 spiro atoms. The van der Waals surface area contributed by atoms with E-state index in [1.807, 2.05) is 25.7 Å². The Balaban J connectivity index is 1.84. The first-order chi connectivity index (χ1) is 10.7. The van der Waals surface area contributed by atoms with E-state index in [1.54, 1.807) is 16.7 Å². The molecule has 2 atom stereocenters. The van der Waals surface area contributed by atoms with Crippen LogP contribution in [0.2, 0.25) is 0 Å². The summed E-state index contributed by atoms with van der Waals surface area (Å²) in [4.78, 5) is 30.0. The van der Waals surface area contributed by atoms with Crippen molar-refractivity contribution in [3.63, 3.8) is 0 Å². The Morgan fingerprint density at radius 3 is 2.35 bits per heavy atom. The lowest BCUT2D eigenvalue weighted by Gasteiger charge is -2.39. The van der Waals surface area contributed by atoms with E-state index in [4.69, 9.17) is 0 Å². The zero-order valence-corrected chi connectivity index (χ0v) is 15.4. The second kappa shape index (κ2) is 7.40. The SMILES string of the molecule is CC(=O)N1CSC[C@@H]1C(=O)N1CCN(C[C@H](O)C(C)(C)C)CC1. The summed E-state index contributed by atoms with van der Waals surface area (Å²) in [6.45, 7) is 11.2. The number of β-amino-alcohol motifs (C(OH)–C–C–N with tert-alkyl or cyclic N) is 1. The van der Waals surface area contributed by atoms with Crippen LogP contribution in [-0.4, -0.2) is 88.1 Å². The fourth-order valence-corrected chi connectivity index (χ4v) is 4.05. The van der Waals surface area contributed by atoms with Gasteiger partial charge in [0.2, 0.25) is 11.8 Å². The molecule has 23 heavy (non-hydrogen) atoms. The van der Waals surface area contributed by atoms with Gasteiger partial charge in [0, 0.05) is 45.4 Å². The van der Waals surface area contributed by atoms with E-state index in [9.17, 15) is 14.7 Å². The molecule has 0 aromatic heterocycles. The fraction of sp³-hybridized carbons (Fsp3) is 0.875. The molecule has 0 aromatic carbocycles. The van der Waals surface area contributed by atoms with Crippen LogP contribution in [0.4, 0.5) is 0 Å². The van der Waals surface area contributed by atoms with Crippen LogP contribution in [0, 0.1) is 5.41 Å². The maximum absolute atomic E-state index is 12.7. The highest BCUT2D eigenvalue weighted by molar-refractivity contribution is 7.99. The second-order valence-electron chi connectivity index (χ2n) is 7.51. The van der Waals surface area contributed by atoms with Gasteiger partial charge in [0.1, 0.15) is 6.04 Å². The molecule has 1 N–H and O–H groups in total. The number of amides is 2. The molecule has 2 saturated heterocycles. The third kappa shape index (κ3) is 4.61. The summed E-state index contributed by atoms with van der Waals surface area (Å²) >= 11 is 1.64. The largest absolute Gasteiger partial charge is 0.391 e. The number of aliphatic hydroxyl groups is 1. The number of nitrogens with zero attached hydrogens (tertiary/aromatic N) is 3. The first-order valence-electron chi connectivity index (χ1n) is 8.24. The van der Waals surface area contributed by atoms with Crippen LogP contribution < -0.4 is 0 Å². The maximum atomic E-state index is 12.7. The molecule has 0 aliphatic carbocycles. The number of carbonyl (C=O) groups excluding carboxylic acids is 2. The summed E-state index contributed by atoms with van der Waals surface area (Å²) in [5, 5.41) is 10.2. The Morgan fingerprint density at radius 2 is 1.83 bits per heavy atom. The average molecular weight is 343 g/mol. The zero-order valence-electron chi connectivity index (χ0n) is 14.6. The van der Waals surface area contributed by atoms with Crippen LogP contribution in [0.25, 0.3) is 0 Å². The Bertz CT molecular complexity index is 444. The normalized spacial score (nSPS) is 24.8. The summed E-state index contributed by atoms with van der Waals surface area (Å²) in [6, 6.07) is -0.302. The maximum Gasteiger partial charge on any atom is 0.246 e. The van der Waals surface area contributed by atoms with E-state index in [-0.39, 0.29) is 29.4 Å². The Morgan fingerprint density at radius 1 is 1.22 bits per heavy atom. The lowest BCUT2D eigenvalue weighted by Crippen LogP contribution is -2.56. The molecule has 7 heteroatoms. The predicted octanol–water partition coefficient (Wildman–Crippen LogP) is 0.459. The van der Waals surface area contributed by atoms with E-state index in [1.165, 1.54) is 6.92 Å². The van der Waals surface area contributed by atoms with Gasteiger partial charge in [-0.05, 0) is 5.41 Å². The van der Waals surface area contributed by atoms with E-state index in [0.717, 1.165) is 13.1 Å². The minimum atomic E-state index is -0.371. The van der Waals surface area contributed by atoms with Gasteiger partial charge in [0.05, 0.1) is 12.0 Å². The minimum Gasteiger partial charge on any atom is -0.391 e. The molecule has 0 aromatic rings. The first-order valence-corrected chi connectivity index (χ1v) is 9.40. The number of hydrogen-bond donors (Lipinski definition) is 1. The smallest absolute Gasteiger partial charge is 0.246 e. The molecule has 0 radical (unpaired) electrons. The highest BCUT2D eigenvalue weighted by Gasteiger charge is 2.37. The predicted molar refractivity (Wildman–Crippen MR) is 92.1 cm³/mol. The van der Waals surface area contributed by atoms with Crippen LogP contribution in [0.3, 0.4) is 0 Å². The molecule has 2 amide bonds. The summed E-state index contributed by atoms with van der Waals surface area (Å²) in [5.41, 5.74) is -0.129. The lowest BCUT2D eigenvalue weighted by atomic mass is 9.89. The Hall–Kier alpha value is -0.790. The number of hydrogen-bond acceptors (Lipinski definition) is 5. The second-order valence-corrected chi connectivity index (χ2v) is 8.51. The number of aliphatic hydroxyl groups excluding tert-OH is 1. The fourth-order valence-electron chi connectivity index (χ4n) is 2.84. The molecule has 0 saturated carbocycles. The van der Waals surface area contributed by atoms with Crippen molar-refractivity contribution in [2.45, 2.75) is 39.8 Å². The zero-order chi connectivity index (χ0) is 17.2. The van der Waals surface area contributed by atoms with Gasteiger partial charge in [-0.15, -0.1) is 11.8 Å². The molecule has 2 aliphatic heterocycles. The summed E-state index contributed by atoms with van der Waals surface area (Å²) < 4.78 is 0. The van der Waals surface area contributed by atoms with Crippen LogP contribution in [0.1, 0.15) is 27.7 Å². The van der Waals surface area contributed by atoms with E-state index >= 15 is 0 Å². The monoisotopic (exact) mass is 343 g/mol. The van der Waals surface area contributed by atoms with Crippen molar-refractivity contribution in [3.8, 4) is 0 Å². The van der Waals surface area contributed by atoms with Crippen molar-refractivity contribution in [3.05, 3.63) is 0 Å². The van der Waals surface area contributed by atoms with Gasteiger partial charge in [0.15, 0.2) is 0 Å². The first kappa shape index (κ1) is 18.5. The number of piperazine rings is 1. The molecule has 0 bridgehead atoms. The average Bonchev–Trinajstić information content (AvgIpc) is 2.96. The standard InChI is InChI=1S/C16H29N3O3S/c1-12(20)19-11-23-10-13(19)15(22)18-7-5-17(6-8-18)9-14(21)16(2,3)4/h13-14,21H,5-11H2,1-4H3/t13-,14+/m1/s1. The third-order valence-electron chi connectivity index (χ3n) is 4.69. The molecule has 6 nitrogen and oxygen atoms in total. The van der Waals surface area contributed by atoms with Crippen molar-refractivity contribution >= 4 is 23.6 Å². The molecule has 2 heterocycles. The van der Waals surface area contributed by atoms with Gasteiger partial charge in [0.25, 0.3) is 0 Å². The molecule has 2 aliphatic rings. The number of carbonyl (C=O) groups is 2. The van der Waals surface area contributed by atoms with Gasteiger partial charge < -0.3 is 14.9 Å². The summed E-state index contributed by atoms with van der Waals surface area (Å²) in [7, 11) is 0. The highest BCUT2D eigenvalue weighted by atomic mass is 32.2. The van der Waals surface area contributed by atoms with Gasteiger partial charge >= 0.3 is 0 Å². The number of rotatable bonds is 3. The van der Waals surface area contributed by atoms with E-state index in [0.29, 0.717) is 31.3 Å². The summed E-state index contributed by atoms with van der Waals surface area (Å²) in [6.07, 6.45) is -0.371. The van der Waals surface area contributed by atoms with E-state index < -0.39 is 0 Å². The van der Waals surface area contributed by atoms with Gasteiger partial charge in [-0.25, -0.2) is 0 Å². The lowest BCUT2D eigenvalue weighted by molar-refractivity contribution is -0.143. The van der Waals surface area contributed by atoms with Gasteiger partial charge in [-0.2, -0.15) is 0 Å². The van der Waals surface area contributed by atoms with Crippen molar-refractivity contribution in [1.82, 2.24) is 14.7 Å². The molecule has 132 valence electrons. The minimum absolute atomic E-state index is 0.0275. The van der Waals surface area contributed by atoms with Crippen molar-refractivity contribution in [2.75, 3.05) is 44.4 Å². The topological polar surface area (TPSA) is 64.1 Å². The molecule has 2 rings (SSSR count). The Labute approximate surface area is 143 Å². The molecule has 0 unspecified atom stereocenters. The molecular weight excluding hydrogens is 314 g/mol. The molecule has 2 fully saturated rings. The van der Waals surface area contributed by atoms with Crippen molar-refractivity contribution in [2.24, 2.45) is 5.41 Å². The van der Waals surface area contributed by atoms with E-state index in [2.05, 4.69) is 4.90 Å². The van der Waals surface area contributed by atoms with Gasteiger partial charge in [-0.3, -0.25) is 14.5 Å². The Kier molecular flexibility index (Phi) is 5.97. The van der Waals surface area contributed by atoms with Crippen molar-refractivity contribution in [1.29, 1.82) is 0 Å². The summed E-state index contributed by atoms with van der Waals surface area (Å²) in [5.74, 6) is 1.35. The highest BCUT2D eigenvalue weighted by Crippen LogP contribution is 2.24. The number of thioether (sulfide) groups is 1. The molecular formula is C16H29N3O3S. The third-order valence-corrected chi connectivity index (χ3v) is 5.70. The quantitative estimate of drug-likeness (QED) is 0.807. The van der Waals surface area contributed by atoms with Gasteiger partial charge in [-0.1, -0.05) is 20.8 Å². The van der Waals surface area contributed by atoms with Crippen LogP contribution in [0.15, 0.2) is 0 Å².